The molecule has 126 valence electrons. The van der Waals surface area contributed by atoms with Crippen LogP contribution in [-0.2, 0) is 14.3 Å². The van der Waals surface area contributed by atoms with Crippen LogP contribution in [0.25, 0.3) is 0 Å². The van der Waals surface area contributed by atoms with Crippen molar-refractivity contribution < 1.29 is 19.1 Å². The lowest BCUT2D eigenvalue weighted by molar-refractivity contribution is -0.139. The van der Waals surface area contributed by atoms with E-state index in [0.717, 1.165) is 10.0 Å². The van der Waals surface area contributed by atoms with Crippen LogP contribution < -0.4 is 10.1 Å². The molecule has 1 aromatic rings. The molecule has 1 N–H and O–H groups in total. The molecule has 1 atom stereocenters. The van der Waals surface area contributed by atoms with Gasteiger partial charge in [-0.25, -0.2) is 9.59 Å². The van der Waals surface area contributed by atoms with Crippen LogP contribution in [0.1, 0.15) is 32.3 Å². The number of hydrogen-bond acceptors (Lipinski definition) is 5. The van der Waals surface area contributed by atoms with Gasteiger partial charge in [-0.15, -0.1) is 0 Å². The van der Waals surface area contributed by atoms with Crippen molar-refractivity contribution in [3.8, 4) is 5.75 Å². The average Bonchev–Trinajstić information content (AvgIpc) is 2.48. The van der Waals surface area contributed by atoms with Crippen molar-refractivity contribution in [2.75, 3.05) is 6.61 Å². The van der Waals surface area contributed by atoms with E-state index in [1.807, 2.05) is 6.07 Å². The second kappa shape index (κ2) is 6.37. The van der Waals surface area contributed by atoms with Gasteiger partial charge >= 0.3 is 11.9 Å². The summed E-state index contributed by atoms with van der Waals surface area (Å²) in [4.78, 5) is 25.1. The molecule has 0 aliphatic carbocycles. The summed E-state index contributed by atoms with van der Waals surface area (Å²) in [5, 5.41) is 3.09. The highest BCUT2D eigenvalue weighted by Gasteiger charge is 2.43. The highest BCUT2D eigenvalue weighted by atomic mass is 79.9. The van der Waals surface area contributed by atoms with Gasteiger partial charge < -0.3 is 14.8 Å². The van der Waals surface area contributed by atoms with Gasteiger partial charge in [0.2, 0.25) is 0 Å². The summed E-state index contributed by atoms with van der Waals surface area (Å²) in [5.41, 5.74) is 2.96. The van der Waals surface area contributed by atoms with Crippen LogP contribution in [0.15, 0.2) is 43.6 Å². The minimum atomic E-state index is -0.518. The van der Waals surface area contributed by atoms with Crippen molar-refractivity contribution >= 4 is 43.8 Å². The summed E-state index contributed by atoms with van der Waals surface area (Å²) in [6.07, 6.45) is 0. The van der Waals surface area contributed by atoms with E-state index in [1.54, 1.807) is 26.8 Å². The van der Waals surface area contributed by atoms with Crippen molar-refractivity contribution in [1.29, 1.82) is 0 Å². The molecule has 2 heterocycles. The van der Waals surface area contributed by atoms with Crippen LogP contribution >= 0.6 is 31.9 Å². The van der Waals surface area contributed by atoms with Crippen molar-refractivity contribution in [3.05, 3.63) is 49.2 Å². The predicted molar refractivity (Wildman–Crippen MR) is 95.4 cm³/mol. The number of benzene rings is 1. The van der Waals surface area contributed by atoms with E-state index < -0.39 is 17.9 Å². The Bertz CT molecular complexity index is 826. The molecule has 1 aromatic carbocycles. The first-order valence-corrected chi connectivity index (χ1v) is 9.00. The Morgan fingerprint density at radius 3 is 2.67 bits per heavy atom. The fourth-order valence-corrected chi connectivity index (χ4v) is 4.44. The van der Waals surface area contributed by atoms with E-state index in [2.05, 4.69) is 37.2 Å². The molecule has 0 saturated heterocycles. The first-order chi connectivity index (χ1) is 11.3. The molecule has 5 nitrogen and oxygen atoms in total. The summed E-state index contributed by atoms with van der Waals surface area (Å²) in [5.74, 6) is -0.985. The molecule has 0 amide bonds. The lowest BCUT2D eigenvalue weighted by atomic mass is 9.79. The molecule has 0 fully saturated rings. The molecule has 0 spiro atoms. The minimum absolute atomic E-state index is 0.264. The number of dihydropyridines is 1. The number of hydrogen-bond donors (Lipinski definition) is 1. The Kier molecular flexibility index (Phi) is 4.57. The van der Waals surface area contributed by atoms with Gasteiger partial charge in [0.05, 0.1) is 28.1 Å². The van der Waals surface area contributed by atoms with Gasteiger partial charge in [-0.05, 0) is 48.8 Å². The van der Waals surface area contributed by atoms with Gasteiger partial charge in [-0.1, -0.05) is 15.9 Å². The van der Waals surface area contributed by atoms with Crippen LogP contribution in [0.5, 0.6) is 5.75 Å². The number of carbonyl (C=O) groups excluding carboxylic acids is 2. The van der Waals surface area contributed by atoms with Gasteiger partial charge in [0, 0.05) is 21.4 Å². The van der Waals surface area contributed by atoms with Gasteiger partial charge in [0.25, 0.3) is 0 Å². The number of carbonyl (C=O) groups is 2. The Morgan fingerprint density at radius 2 is 2.00 bits per heavy atom. The van der Waals surface area contributed by atoms with Crippen LogP contribution in [0.3, 0.4) is 0 Å². The Labute approximate surface area is 156 Å². The smallest absolute Gasteiger partial charge is 0.342 e. The van der Waals surface area contributed by atoms with E-state index in [1.165, 1.54) is 0 Å². The van der Waals surface area contributed by atoms with Crippen LogP contribution in [0.2, 0.25) is 0 Å². The molecule has 0 saturated carbocycles. The van der Waals surface area contributed by atoms with E-state index in [-0.39, 0.29) is 6.61 Å². The fraction of sp³-hybridized carbons (Fsp3) is 0.294. The number of ether oxygens (including phenoxy) is 2. The van der Waals surface area contributed by atoms with Crippen molar-refractivity contribution in [3.63, 3.8) is 0 Å². The maximum atomic E-state index is 12.5. The van der Waals surface area contributed by atoms with Gasteiger partial charge in [-0.2, -0.15) is 0 Å². The Morgan fingerprint density at radius 1 is 1.29 bits per heavy atom. The number of rotatable bonds is 2. The van der Waals surface area contributed by atoms with Crippen LogP contribution in [0.4, 0.5) is 0 Å². The number of halogens is 2. The number of fused-ring (bicyclic) bond motifs is 3. The molecule has 7 heteroatoms. The van der Waals surface area contributed by atoms with E-state index >= 15 is 0 Å². The zero-order valence-electron chi connectivity index (χ0n) is 13.3. The molecule has 3 rings (SSSR count). The number of nitrogens with one attached hydrogen (secondary N) is 1. The summed E-state index contributed by atoms with van der Waals surface area (Å²) in [7, 11) is 0. The Balaban J connectivity index is 2.27. The van der Waals surface area contributed by atoms with E-state index in [0.29, 0.717) is 32.8 Å². The van der Waals surface area contributed by atoms with Crippen LogP contribution in [-0.4, -0.2) is 18.5 Å². The third-order valence-electron chi connectivity index (χ3n) is 4.02. The summed E-state index contributed by atoms with van der Waals surface area (Å²) in [6.45, 7) is 5.62. The highest BCUT2D eigenvalue weighted by molar-refractivity contribution is 9.11. The normalized spacial score (nSPS) is 19.4. The molecule has 24 heavy (non-hydrogen) atoms. The molecular weight excluding hydrogens is 442 g/mol. The van der Waals surface area contributed by atoms with Crippen LogP contribution in [0, 0.1) is 0 Å². The molecule has 2 aliphatic rings. The first-order valence-electron chi connectivity index (χ1n) is 7.42. The monoisotopic (exact) mass is 455 g/mol. The SMILES string of the molecule is CCOC(=O)C1=C(C)NC(C)=C2C(=O)Oc3c(Br)cc(Br)cc3[C@@H]12. The third-order valence-corrected chi connectivity index (χ3v) is 5.07. The molecule has 2 aliphatic heterocycles. The van der Waals surface area contributed by atoms with E-state index in [4.69, 9.17) is 9.47 Å². The minimum Gasteiger partial charge on any atom is -0.463 e. The summed E-state index contributed by atoms with van der Waals surface area (Å²) < 4.78 is 12.2. The van der Waals surface area contributed by atoms with Crippen molar-refractivity contribution in [2.24, 2.45) is 0 Å². The molecule has 0 unspecified atom stereocenters. The largest absolute Gasteiger partial charge is 0.463 e. The molecular formula is C17H15Br2NO4. The zero-order chi connectivity index (χ0) is 17.6. The van der Waals surface area contributed by atoms with E-state index in [9.17, 15) is 9.59 Å². The van der Waals surface area contributed by atoms with Gasteiger partial charge in [-0.3, -0.25) is 0 Å². The lowest BCUT2D eigenvalue weighted by Gasteiger charge is -2.34. The third kappa shape index (κ3) is 2.69. The Hall–Kier alpha value is -1.60. The predicted octanol–water partition coefficient (Wildman–Crippen LogP) is 3.93. The fourth-order valence-electron chi connectivity index (χ4n) is 3.11. The molecule has 0 aromatic heterocycles. The average molecular weight is 457 g/mol. The second-order valence-corrected chi connectivity index (χ2v) is 7.32. The van der Waals surface area contributed by atoms with Gasteiger partial charge in [0.15, 0.2) is 0 Å². The maximum Gasteiger partial charge on any atom is 0.342 e. The summed E-state index contributed by atoms with van der Waals surface area (Å²) >= 11 is 6.88. The summed E-state index contributed by atoms with van der Waals surface area (Å²) in [6, 6.07) is 3.66. The van der Waals surface area contributed by atoms with Crippen molar-refractivity contribution in [1.82, 2.24) is 5.32 Å². The lowest BCUT2D eigenvalue weighted by Crippen LogP contribution is -2.36. The maximum absolute atomic E-state index is 12.5. The van der Waals surface area contributed by atoms with Gasteiger partial charge in [0.1, 0.15) is 5.75 Å². The number of esters is 2. The standard InChI is InChI=1S/C17H15Br2NO4/c1-4-23-16(21)12-7(2)20-8(3)13-14(12)10-5-9(18)6-11(19)15(10)24-17(13)22/h5-6,14,20H,4H2,1-3H3/t14-/m0/s1. The second-order valence-electron chi connectivity index (χ2n) is 5.55. The van der Waals surface area contributed by atoms with Crippen molar-refractivity contribution in [2.45, 2.75) is 26.7 Å². The molecule has 0 radical (unpaired) electrons. The molecule has 0 bridgehead atoms. The highest BCUT2D eigenvalue weighted by Crippen LogP contribution is 2.49. The number of allylic oxidation sites excluding steroid dienone is 2. The quantitative estimate of drug-likeness (QED) is 0.539. The zero-order valence-corrected chi connectivity index (χ0v) is 16.5. The first kappa shape index (κ1) is 17.2. The topological polar surface area (TPSA) is 64.6 Å².